The summed E-state index contributed by atoms with van der Waals surface area (Å²) in [6, 6.07) is 42.6. The Labute approximate surface area is 231 Å². The second kappa shape index (κ2) is 7.92. The molecule has 0 atom stereocenters. The fourth-order valence-electron chi connectivity index (χ4n) is 6.80. The highest BCUT2D eigenvalue weighted by Crippen LogP contribution is 2.62. The van der Waals surface area contributed by atoms with Gasteiger partial charge < -0.3 is 0 Å². The summed E-state index contributed by atoms with van der Waals surface area (Å²) in [5.41, 5.74) is 10.1. The van der Waals surface area contributed by atoms with Gasteiger partial charge in [0.1, 0.15) is 5.01 Å². The van der Waals surface area contributed by atoms with E-state index in [4.69, 9.17) is 4.98 Å². The molecular weight excluding hydrogens is 499 g/mol. The molecule has 2 aliphatic rings. The first-order valence-corrected chi connectivity index (χ1v) is 14.7. The van der Waals surface area contributed by atoms with Crippen LogP contribution in [0.5, 0.6) is 0 Å². The number of para-hydroxylation sites is 1. The number of benzene rings is 5. The van der Waals surface area contributed by atoms with Gasteiger partial charge in [0, 0.05) is 20.8 Å². The maximum Gasteiger partial charge on any atom is 0.125 e. The maximum atomic E-state index is 5.10. The molecule has 3 heteroatoms. The third kappa shape index (κ3) is 2.81. The molecule has 0 N–H and O–H groups in total. The van der Waals surface area contributed by atoms with Crippen LogP contribution in [-0.2, 0) is 10.8 Å². The van der Waals surface area contributed by atoms with Crippen molar-refractivity contribution < 1.29 is 0 Å². The number of fused-ring (bicyclic) bond motifs is 9. The lowest BCUT2D eigenvalue weighted by atomic mass is 9.54. The lowest BCUT2D eigenvalue weighted by molar-refractivity contribution is 0.549. The van der Waals surface area contributed by atoms with Gasteiger partial charge in [0.05, 0.1) is 15.6 Å². The molecule has 8 rings (SSSR count). The van der Waals surface area contributed by atoms with Crippen LogP contribution in [0, 0.1) is 0 Å². The zero-order valence-electron chi connectivity index (χ0n) is 21.2. The van der Waals surface area contributed by atoms with Crippen LogP contribution < -0.4 is 0 Å². The second-order valence-electron chi connectivity index (χ2n) is 10.7. The van der Waals surface area contributed by atoms with Crippen molar-refractivity contribution in [1.82, 2.24) is 4.98 Å². The van der Waals surface area contributed by atoms with Gasteiger partial charge in [0.25, 0.3) is 0 Å². The van der Waals surface area contributed by atoms with Gasteiger partial charge in [-0.1, -0.05) is 123 Å². The molecule has 0 fully saturated rings. The SMILES string of the molecule is CC1(C)c2ccccc2C2(c3ccccc3Sc3c(-c4nc5ccccc5s4)cccc32)c2ccccc21. The van der Waals surface area contributed by atoms with Gasteiger partial charge >= 0.3 is 0 Å². The highest BCUT2D eigenvalue weighted by atomic mass is 32.2. The van der Waals surface area contributed by atoms with Crippen LogP contribution in [0.1, 0.15) is 47.2 Å². The molecule has 0 unspecified atom stereocenters. The predicted molar refractivity (Wildman–Crippen MR) is 160 cm³/mol. The summed E-state index contributed by atoms with van der Waals surface area (Å²) >= 11 is 3.68. The molecule has 0 saturated carbocycles. The quantitative estimate of drug-likeness (QED) is 0.212. The van der Waals surface area contributed by atoms with Crippen molar-refractivity contribution in [3.05, 3.63) is 149 Å². The largest absolute Gasteiger partial charge is 0.236 e. The third-order valence-electron chi connectivity index (χ3n) is 8.46. The van der Waals surface area contributed by atoms with E-state index >= 15 is 0 Å². The summed E-state index contributed by atoms with van der Waals surface area (Å²) in [4.78, 5) is 7.73. The van der Waals surface area contributed by atoms with Crippen LogP contribution in [0.4, 0.5) is 0 Å². The van der Waals surface area contributed by atoms with Gasteiger partial charge in [-0.25, -0.2) is 4.98 Å². The van der Waals surface area contributed by atoms with Crippen molar-refractivity contribution in [2.45, 2.75) is 34.5 Å². The number of rotatable bonds is 1. The number of hydrogen-bond acceptors (Lipinski definition) is 3. The van der Waals surface area contributed by atoms with Crippen molar-refractivity contribution in [3.63, 3.8) is 0 Å². The van der Waals surface area contributed by atoms with E-state index in [1.165, 1.54) is 53.4 Å². The van der Waals surface area contributed by atoms with Gasteiger partial charge in [-0.15, -0.1) is 11.3 Å². The molecule has 0 saturated heterocycles. The molecule has 182 valence electrons. The van der Waals surface area contributed by atoms with Crippen LogP contribution >= 0.6 is 23.1 Å². The van der Waals surface area contributed by atoms with Crippen LogP contribution in [0.25, 0.3) is 20.8 Å². The van der Waals surface area contributed by atoms with E-state index in [9.17, 15) is 0 Å². The standard InChI is InChI=1S/C35H25NS2/c1-34(2)23-13-3-5-15-25(23)35(26-16-6-4-14-24(26)34)27-17-7-9-20-30(27)37-32-22(12-11-18-28(32)35)33-36-29-19-8-10-21-31(29)38-33/h3-21H,1-2H3. The smallest absolute Gasteiger partial charge is 0.125 e. The van der Waals surface area contributed by atoms with Crippen molar-refractivity contribution in [2.75, 3.05) is 0 Å². The molecule has 1 aromatic heterocycles. The van der Waals surface area contributed by atoms with E-state index < -0.39 is 5.41 Å². The first-order valence-electron chi connectivity index (χ1n) is 13.1. The van der Waals surface area contributed by atoms with Crippen LogP contribution in [0.3, 0.4) is 0 Å². The highest BCUT2D eigenvalue weighted by Gasteiger charge is 2.52. The summed E-state index contributed by atoms with van der Waals surface area (Å²) in [7, 11) is 0. The van der Waals surface area contributed by atoms with Gasteiger partial charge in [0.2, 0.25) is 0 Å². The zero-order chi connectivity index (χ0) is 25.5. The van der Waals surface area contributed by atoms with E-state index in [0.717, 1.165) is 10.5 Å². The Balaban J connectivity index is 1.53. The van der Waals surface area contributed by atoms with Crippen LogP contribution in [0.15, 0.2) is 125 Å². The third-order valence-corrected chi connectivity index (χ3v) is 10.7. The molecule has 1 spiro atoms. The summed E-state index contributed by atoms with van der Waals surface area (Å²) in [5, 5.41) is 1.09. The molecule has 0 radical (unpaired) electrons. The minimum Gasteiger partial charge on any atom is -0.236 e. The Bertz CT molecular complexity index is 1810. The molecule has 1 nitrogen and oxygen atoms in total. The molecule has 0 bridgehead atoms. The van der Waals surface area contributed by atoms with Gasteiger partial charge in [-0.3, -0.25) is 0 Å². The van der Waals surface area contributed by atoms with Crippen LogP contribution in [0.2, 0.25) is 0 Å². The topological polar surface area (TPSA) is 12.9 Å². The average molecular weight is 524 g/mol. The van der Waals surface area contributed by atoms with E-state index in [2.05, 4.69) is 129 Å². The minimum atomic E-state index is -0.396. The molecule has 38 heavy (non-hydrogen) atoms. The predicted octanol–water partition coefficient (Wildman–Crippen LogP) is 9.45. The van der Waals surface area contributed by atoms with E-state index in [0.29, 0.717) is 0 Å². The van der Waals surface area contributed by atoms with E-state index in [1.54, 1.807) is 11.3 Å². The lowest BCUT2D eigenvalue weighted by Crippen LogP contribution is -2.43. The van der Waals surface area contributed by atoms with E-state index in [-0.39, 0.29) is 5.41 Å². The summed E-state index contributed by atoms with van der Waals surface area (Å²) in [5.74, 6) is 0. The van der Waals surface area contributed by atoms with Gasteiger partial charge in [0.15, 0.2) is 0 Å². The Kier molecular flexibility index (Phi) is 4.66. The zero-order valence-corrected chi connectivity index (χ0v) is 22.9. The fourth-order valence-corrected chi connectivity index (χ4v) is 9.16. The molecule has 6 aromatic rings. The highest BCUT2D eigenvalue weighted by molar-refractivity contribution is 7.99. The minimum absolute atomic E-state index is 0.0945. The van der Waals surface area contributed by atoms with E-state index in [1.807, 2.05) is 11.8 Å². The molecular formula is C35H25NS2. The number of aromatic nitrogens is 1. The second-order valence-corrected chi connectivity index (χ2v) is 12.8. The van der Waals surface area contributed by atoms with Gasteiger partial charge in [-0.05, 0) is 51.6 Å². The van der Waals surface area contributed by atoms with Crippen molar-refractivity contribution in [3.8, 4) is 10.6 Å². The Morgan fingerprint density at radius 3 is 1.84 bits per heavy atom. The number of nitrogens with zero attached hydrogens (tertiary/aromatic N) is 1. The first kappa shape index (κ1) is 22.3. The van der Waals surface area contributed by atoms with Crippen molar-refractivity contribution >= 4 is 33.3 Å². The average Bonchev–Trinajstić information content (AvgIpc) is 3.39. The van der Waals surface area contributed by atoms with Crippen molar-refractivity contribution in [1.29, 1.82) is 0 Å². The molecule has 1 aliphatic carbocycles. The summed E-state index contributed by atoms with van der Waals surface area (Å²) < 4.78 is 1.23. The van der Waals surface area contributed by atoms with Crippen LogP contribution in [-0.4, -0.2) is 4.98 Å². The Morgan fingerprint density at radius 2 is 1.13 bits per heavy atom. The monoisotopic (exact) mass is 523 g/mol. The lowest BCUT2D eigenvalue weighted by Gasteiger charge is -2.50. The summed E-state index contributed by atoms with van der Waals surface area (Å²) in [6.45, 7) is 4.75. The summed E-state index contributed by atoms with van der Waals surface area (Å²) in [6.07, 6.45) is 0. The molecule has 2 heterocycles. The number of hydrogen-bond donors (Lipinski definition) is 0. The van der Waals surface area contributed by atoms with Crippen molar-refractivity contribution in [2.24, 2.45) is 0 Å². The number of thiazole rings is 1. The Morgan fingerprint density at radius 1 is 0.553 bits per heavy atom. The molecule has 1 aliphatic heterocycles. The Hall–Kier alpha value is -3.66. The normalized spacial score (nSPS) is 15.9. The first-order chi connectivity index (χ1) is 18.6. The molecule has 0 amide bonds. The fraction of sp³-hybridized carbons (Fsp3) is 0.114. The molecule has 5 aromatic carbocycles. The maximum absolute atomic E-state index is 5.10. The van der Waals surface area contributed by atoms with Gasteiger partial charge in [-0.2, -0.15) is 0 Å².